The standard InChI is InChI=1S/C22H26N4O3S/c1-22(2,3)29-21(28)26-10-7-15(14-26)17-5-6-18(30-17)20(27)24(4)16-8-11-25-12-9-23-19(25)13-16/h5-6,8-9,11-13,15H,7,10,14H2,1-4H3. The Kier molecular flexibility index (Phi) is 5.27. The molecule has 0 bridgehead atoms. The van der Waals surface area contributed by atoms with Crippen LogP contribution < -0.4 is 4.90 Å². The molecular formula is C22H26N4O3S. The molecule has 3 aromatic heterocycles. The summed E-state index contributed by atoms with van der Waals surface area (Å²) in [5.74, 6) is 0.180. The predicted octanol–water partition coefficient (Wildman–Crippen LogP) is 4.40. The van der Waals surface area contributed by atoms with E-state index in [4.69, 9.17) is 4.74 Å². The van der Waals surface area contributed by atoms with E-state index in [9.17, 15) is 9.59 Å². The molecule has 7 nitrogen and oxygen atoms in total. The number of carbonyl (C=O) groups excluding carboxylic acids is 2. The number of ether oxygens (including phenoxy) is 1. The lowest BCUT2D eigenvalue weighted by Gasteiger charge is -2.24. The van der Waals surface area contributed by atoms with E-state index in [1.807, 2.05) is 61.8 Å². The fourth-order valence-electron chi connectivity index (χ4n) is 3.56. The van der Waals surface area contributed by atoms with Crippen molar-refractivity contribution >= 4 is 34.7 Å². The van der Waals surface area contributed by atoms with Gasteiger partial charge in [-0.25, -0.2) is 9.78 Å². The van der Waals surface area contributed by atoms with Gasteiger partial charge in [-0.3, -0.25) is 4.79 Å². The van der Waals surface area contributed by atoms with Gasteiger partial charge in [-0.05, 0) is 45.4 Å². The van der Waals surface area contributed by atoms with Gasteiger partial charge in [0.1, 0.15) is 11.2 Å². The number of likely N-dealkylation sites (tertiary alicyclic amines) is 1. The minimum Gasteiger partial charge on any atom is -0.444 e. The average Bonchev–Trinajstić information content (AvgIpc) is 3.44. The van der Waals surface area contributed by atoms with Gasteiger partial charge < -0.3 is 18.9 Å². The summed E-state index contributed by atoms with van der Waals surface area (Å²) in [6, 6.07) is 7.68. The Hall–Kier alpha value is -2.87. The second-order valence-corrected chi connectivity index (χ2v) is 9.67. The first-order valence-corrected chi connectivity index (χ1v) is 10.8. The molecule has 0 spiro atoms. The lowest BCUT2D eigenvalue weighted by atomic mass is 10.1. The summed E-state index contributed by atoms with van der Waals surface area (Å²) in [6.45, 7) is 6.91. The summed E-state index contributed by atoms with van der Waals surface area (Å²) < 4.78 is 7.38. The quantitative estimate of drug-likeness (QED) is 0.623. The molecule has 8 heteroatoms. The lowest BCUT2D eigenvalue weighted by Crippen LogP contribution is -2.35. The van der Waals surface area contributed by atoms with Gasteiger partial charge in [0.25, 0.3) is 5.91 Å². The van der Waals surface area contributed by atoms with Crippen LogP contribution in [0, 0.1) is 0 Å². The third kappa shape index (κ3) is 4.18. The summed E-state index contributed by atoms with van der Waals surface area (Å²) in [7, 11) is 1.77. The number of hydrogen-bond donors (Lipinski definition) is 0. The number of hydrogen-bond acceptors (Lipinski definition) is 5. The molecule has 0 radical (unpaired) electrons. The van der Waals surface area contributed by atoms with Gasteiger partial charge in [0.15, 0.2) is 0 Å². The largest absolute Gasteiger partial charge is 0.444 e. The van der Waals surface area contributed by atoms with Crippen LogP contribution in [-0.2, 0) is 4.74 Å². The first kappa shape index (κ1) is 20.4. The molecule has 0 saturated carbocycles. The van der Waals surface area contributed by atoms with Gasteiger partial charge in [0.05, 0.1) is 4.88 Å². The maximum Gasteiger partial charge on any atom is 0.410 e. The number of imidazole rings is 1. The van der Waals surface area contributed by atoms with Gasteiger partial charge in [0.2, 0.25) is 0 Å². The zero-order valence-electron chi connectivity index (χ0n) is 17.7. The normalized spacial score (nSPS) is 16.8. The summed E-state index contributed by atoms with van der Waals surface area (Å²) >= 11 is 1.50. The van der Waals surface area contributed by atoms with Crippen LogP contribution in [0.5, 0.6) is 0 Å². The molecule has 1 fully saturated rings. The SMILES string of the molecule is CN(C(=O)c1ccc(C2CCN(C(=O)OC(C)(C)C)C2)s1)c1ccn2ccnc2c1. The molecule has 0 N–H and O–H groups in total. The van der Waals surface area contributed by atoms with E-state index < -0.39 is 5.60 Å². The highest BCUT2D eigenvalue weighted by atomic mass is 32.1. The predicted molar refractivity (Wildman–Crippen MR) is 117 cm³/mol. The fourth-order valence-corrected chi connectivity index (χ4v) is 4.67. The Morgan fingerprint density at radius 1 is 1.23 bits per heavy atom. The van der Waals surface area contributed by atoms with Crippen molar-refractivity contribution in [2.75, 3.05) is 25.0 Å². The highest BCUT2D eigenvalue weighted by Gasteiger charge is 2.31. The Morgan fingerprint density at radius 3 is 2.80 bits per heavy atom. The summed E-state index contributed by atoms with van der Waals surface area (Å²) in [4.78, 5) is 34.8. The van der Waals surface area contributed by atoms with Gasteiger partial charge >= 0.3 is 6.09 Å². The molecule has 1 atom stereocenters. The van der Waals surface area contributed by atoms with Crippen molar-refractivity contribution in [1.82, 2.24) is 14.3 Å². The number of amides is 2. The maximum atomic E-state index is 13.0. The van der Waals surface area contributed by atoms with Gasteiger partial charge in [-0.1, -0.05) is 0 Å². The van der Waals surface area contributed by atoms with Crippen LogP contribution in [0.3, 0.4) is 0 Å². The van der Waals surface area contributed by atoms with Crippen LogP contribution in [-0.4, -0.2) is 52.0 Å². The third-order valence-corrected chi connectivity index (χ3v) is 6.39. The van der Waals surface area contributed by atoms with Crippen molar-refractivity contribution < 1.29 is 14.3 Å². The highest BCUT2D eigenvalue weighted by molar-refractivity contribution is 7.14. The second kappa shape index (κ2) is 7.75. The number of carbonyl (C=O) groups is 2. The number of thiophene rings is 1. The molecule has 4 heterocycles. The van der Waals surface area contributed by atoms with E-state index in [0.717, 1.165) is 22.6 Å². The fraction of sp³-hybridized carbons (Fsp3) is 0.409. The van der Waals surface area contributed by atoms with Crippen molar-refractivity contribution in [3.8, 4) is 0 Å². The van der Waals surface area contributed by atoms with Gasteiger partial charge in [0, 0.05) is 61.3 Å². The van der Waals surface area contributed by atoms with Gasteiger partial charge in [-0.15, -0.1) is 11.3 Å². The molecule has 0 aromatic carbocycles. The number of anilines is 1. The van der Waals surface area contributed by atoms with Crippen LogP contribution >= 0.6 is 11.3 Å². The van der Waals surface area contributed by atoms with Crippen LogP contribution in [0.15, 0.2) is 42.9 Å². The minimum absolute atomic E-state index is 0.0517. The zero-order valence-corrected chi connectivity index (χ0v) is 18.5. The first-order valence-electron chi connectivity index (χ1n) is 10.00. The first-order chi connectivity index (χ1) is 14.2. The molecule has 1 saturated heterocycles. The highest BCUT2D eigenvalue weighted by Crippen LogP contribution is 2.33. The molecule has 2 amide bonds. The van der Waals surface area contributed by atoms with Gasteiger partial charge in [-0.2, -0.15) is 0 Å². The molecule has 1 aliphatic heterocycles. The van der Waals surface area contributed by atoms with Crippen molar-refractivity contribution in [2.24, 2.45) is 0 Å². The third-order valence-electron chi connectivity index (χ3n) is 5.15. The summed E-state index contributed by atoms with van der Waals surface area (Å²) in [5.41, 5.74) is 1.10. The van der Waals surface area contributed by atoms with E-state index in [1.165, 1.54) is 11.3 Å². The minimum atomic E-state index is -0.498. The van der Waals surface area contributed by atoms with Crippen LogP contribution in [0.1, 0.15) is 47.7 Å². The molecule has 0 aliphatic carbocycles. The maximum absolute atomic E-state index is 13.0. The number of aromatic nitrogens is 2. The van der Waals surface area contributed by atoms with Crippen molar-refractivity contribution in [3.63, 3.8) is 0 Å². The molecule has 1 unspecified atom stereocenters. The van der Waals surface area contributed by atoms with E-state index in [2.05, 4.69) is 4.98 Å². The Balaban J connectivity index is 1.43. The Labute approximate surface area is 179 Å². The molecule has 158 valence electrons. The van der Waals surface area contributed by atoms with Crippen molar-refractivity contribution in [3.05, 3.63) is 52.6 Å². The zero-order chi connectivity index (χ0) is 21.5. The van der Waals surface area contributed by atoms with Crippen LogP contribution in [0.25, 0.3) is 5.65 Å². The van der Waals surface area contributed by atoms with Crippen LogP contribution in [0.4, 0.5) is 10.5 Å². The number of pyridine rings is 1. The monoisotopic (exact) mass is 426 g/mol. The van der Waals surface area contributed by atoms with E-state index >= 15 is 0 Å². The topological polar surface area (TPSA) is 67.2 Å². The number of nitrogens with zero attached hydrogens (tertiary/aromatic N) is 4. The molecule has 1 aliphatic rings. The number of rotatable bonds is 3. The van der Waals surface area contributed by atoms with Crippen molar-refractivity contribution in [2.45, 2.75) is 38.7 Å². The second-order valence-electron chi connectivity index (χ2n) is 8.56. The van der Waals surface area contributed by atoms with E-state index in [0.29, 0.717) is 18.0 Å². The Bertz CT molecular complexity index is 1080. The summed E-state index contributed by atoms with van der Waals surface area (Å²) in [6.07, 6.45) is 6.10. The number of fused-ring (bicyclic) bond motifs is 1. The smallest absolute Gasteiger partial charge is 0.410 e. The van der Waals surface area contributed by atoms with E-state index in [1.54, 1.807) is 23.0 Å². The average molecular weight is 427 g/mol. The summed E-state index contributed by atoms with van der Waals surface area (Å²) in [5, 5.41) is 0. The molecular weight excluding hydrogens is 400 g/mol. The lowest BCUT2D eigenvalue weighted by molar-refractivity contribution is 0.0292. The van der Waals surface area contributed by atoms with E-state index in [-0.39, 0.29) is 17.9 Å². The van der Waals surface area contributed by atoms with Crippen LogP contribution in [0.2, 0.25) is 0 Å². The van der Waals surface area contributed by atoms with Crippen molar-refractivity contribution in [1.29, 1.82) is 0 Å². The molecule has 3 aromatic rings. The molecule has 4 rings (SSSR count). The molecule has 30 heavy (non-hydrogen) atoms. The Morgan fingerprint density at radius 2 is 2.03 bits per heavy atom.